The number of benzene rings is 1. The van der Waals surface area contributed by atoms with Crippen molar-refractivity contribution in [2.24, 2.45) is 5.73 Å². The summed E-state index contributed by atoms with van der Waals surface area (Å²) in [6, 6.07) is 7.85. The molecule has 0 bridgehead atoms. The number of hydrogen-bond acceptors (Lipinski definition) is 5. The summed E-state index contributed by atoms with van der Waals surface area (Å²) in [6.45, 7) is 5.57. The number of nitrogens with two attached hydrogens (primary N) is 1. The molecule has 2 aliphatic heterocycles. The summed E-state index contributed by atoms with van der Waals surface area (Å²) >= 11 is 6.00. The number of likely N-dealkylation sites (tertiary alicyclic amines) is 1. The fraction of sp³-hybridized carbons (Fsp3) is 0.560. The van der Waals surface area contributed by atoms with Crippen LogP contribution < -0.4 is 16.0 Å². The first kappa shape index (κ1) is 25.7. The van der Waals surface area contributed by atoms with Crippen molar-refractivity contribution in [1.82, 2.24) is 15.1 Å². The Labute approximate surface area is 209 Å². The molecule has 1 aromatic carbocycles. The smallest absolute Gasteiger partial charge is 0.402 e. The Morgan fingerprint density at radius 2 is 1.86 bits per heavy atom. The average molecular weight is 512 g/mol. The molecule has 0 radical (unpaired) electrons. The highest BCUT2D eigenvalue weighted by Gasteiger charge is 2.36. The molecule has 6 nitrogen and oxygen atoms in total. The molecule has 1 aliphatic carbocycles. The van der Waals surface area contributed by atoms with Crippen LogP contribution in [0.25, 0.3) is 0 Å². The zero-order chi connectivity index (χ0) is 25.0. The molecule has 2 saturated heterocycles. The fourth-order valence-corrected chi connectivity index (χ4v) is 5.13. The van der Waals surface area contributed by atoms with Gasteiger partial charge in [0.1, 0.15) is 0 Å². The Morgan fingerprint density at radius 3 is 2.60 bits per heavy atom. The molecule has 1 aromatic rings. The topological polar surface area (TPSA) is 64.8 Å². The van der Waals surface area contributed by atoms with E-state index in [2.05, 4.69) is 15.1 Å². The van der Waals surface area contributed by atoms with E-state index in [4.69, 9.17) is 17.3 Å². The number of nitrogens with zero attached hydrogens (tertiary/aromatic N) is 3. The van der Waals surface area contributed by atoms with Crippen molar-refractivity contribution in [3.8, 4) is 0 Å². The third-order valence-electron chi connectivity index (χ3n) is 6.99. The van der Waals surface area contributed by atoms with E-state index in [0.29, 0.717) is 38.2 Å². The van der Waals surface area contributed by atoms with Gasteiger partial charge in [0.2, 0.25) is 5.91 Å². The molecule has 192 valence electrons. The van der Waals surface area contributed by atoms with E-state index in [0.717, 1.165) is 55.8 Å². The largest absolute Gasteiger partial charge is 0.418 e. The molecule has 3 aliphatic rings. The number of carbonyl (C=O) groups is 1. The summed E-state index contributed by atoms with van der Waals surface area (Å²) in [6.07, 6.45) is -0.478. The van der Waals surface area contributed by atoms with Crippen molar-refractivity contribution in [1.29, 1.82) is 0 Å². The molecule has 0 spiro atoms. The van der Waals surface area contributed by atoms with Crippen molar-refractivity contribution < 1.29 is 18.0 Å². The van der Waals surface area contributed by atoms with Crippen LogP contribution in [0.15, 0.2) is 47.3 Å². The normalized spacial score (nSPS) is 22.3. The van der Waals surface area contributed by atoms with E-state index in [1.54, 1.807) is 0 Å². The number of amides is 1. The molecule has 1 amide bonds. The lowest BCUT2D eigenvalue weighted by Gasteiger charge is -2.25. The molecule has 4 rings (SSSR count). The molecule has 0 aromatic heterocycles. The molecule has 35 heavy (non-hydrogen) atoms. The SMILES string of the molecule is NC1=C(C(F)(F)F)C=C(N[C@@H]2CCN(C(=O)CCN3CCCN(c4ccc(Cl)cc4)CC3)C2)CC1. The minimum atomic E-state index is -4.45. The number of carbonyl (C=O) groups excluding carboxylic acids is 1. The maximum absolute atomic E-state index is 13.2. The van der Waals surface area contributed by atoms with Gasteiger partial charge in [-0.1, -0.05) is 11.6 Å². The van der Waals surface area contributed by atoms with Crippen LogP contribution in [0.5, 0.6) is 0 Å². The summed E-state index contributed by atoms with van der Waals surface area (Å²) in [5.74, 6) is 0.103. The molecular formula is C25H33ClF3N5O. The van der Waals surface area contributed by atoms with Crippen LogP contribution in [0.3, 0.4) is 0 Å². The predicted molar refractivity (Wildman–Crippen MR) is 132 cm³/mol. The van der Waals surface area contributed by atoms with Crippen molar-refractivity contribution in [2.75, 3.05) is 50.7 Å². The zero-order valence-corrected chi connectivity index (χ0v) is 20.5. The van der Waals surface area contributed by atoms with Crippen molar-refractivity contribution in [3.63, 3.8) is 0 Å². The zero-order valence-electron chi connectivity index (χ0n) is 19.8. The van der Waals surface area contributed by atoms with Gasteiger partial charge in [0.05, 0.1) is 5.57 Å². The summed E-state index contributed by atoms with van der Waals surface area (Å²) < 4.78 is 39.5. The number of halogens is 4. The molecule has 2 heterocycles. The molecule has 0 unspecified atom stereocenters. The average Bonchev–Trinajstić information content (AvgIpc) is 3.15. The first-order valence-corrected chi connectivity index (χ1v) is 12.6. The minimum Gasteiger partial charge on any atom is -0.402 e. The summed E-state index contributed by atoms with van der Waals surface area (Å²) in [7, 11) is 0. The number of nitrogens with one attached hydrogen (secondary N) is 1. The third kappa shape index (κ3) is 6.85. The maximum Gasteiger partial charge on any atom is 0.418 e. The second-order valence-corrected chi connectivity index (χ2v) is 9.92. The fourth-order valence-electron chi connectivity index (χ4n) is 5.00. The highest BCUT2D eigenvalue weighted by molar-refractivity contribution is 6.30. The number of allylic oxidation sites excluding steroid dienone is 4. The van der Waals surface area contributed by atoms with Crippen LogP contribution in [-0.2, 0) is 4.79 Å². The van der Waals surface area contributed by atoms with Gasteiger partial charge in [0.15, 0.2) is 0 Å². The lowest BCUT2D eigenvalue weighted by Crippen LogP contribution is -2.37. The van der Waals surface area contributed by atoms with Crippen LogP contribution in [0.2, 0.25) is 5.02 Å². The monoisotopic (exact) mass is 511 g/mol. The van der Waals surface area contributed by atoms with Gasteiger partial charge in [-0.2, -0.15) is 13.2 Å². The standard InChI is InChI=1S/C25H33ClF3N5O/c26-18-2-5-21(6-3-18)33-11-1-10-32(14-15-33)12-9-24(35)34-13-8-20(17-34)31-19-4-7-23(30)22(16-19)25(27,28)29/h2-3,5-6,16,20,31H,1,4,7-15,17,30H2/t20-/m1/s1. The Bertz CT molecular complexity index is 963. The Balaban J connectivity index is 1.22. The number of hydrogen-bond donors (Lipinski definition) is 2. The van der Waals surface area contributed by atoms with Gasteiger partial charge in [-0.15, -0.1) is 0 Å². The van der Waals surface area contributed by atoms with Crippen molar-refractivity contribution in [2.45, 2.75) is 44.3 Å². The van der Waals surface area contributed by atoms with E-state index in [1.165, 1.54) is 0 Å². The van der Waals surface area contributed by atoms with Gasteiger partial charge in [-0.25, -0.2) is 0 Å². The van der Waals surface area contributed by atoms with E-state index in [1.807, 2.05) is 29.2 Å². The van der Waals surface area contributed by atoms with E-state index in [-0.39, 0.29) is 24.1 Å². The van der Waals surface area contributed by atoms with Gasteiger partial charge in [-0.3, -0.25) is 4.79 Å². The number of rotatable bonds is 6. The van der Waals surface area contributed by atoms with Crippen molar-refractivity contribution in [3.05, 3.63) is 52.3 Å². The highest BCUT2D eigenvalue weighted by Crippen LogP contribution is 2.33. The second kappa shape index (κ2) is 11.1. The predicted octanol–water partition coefficient (Wildman–Crippen LogP) is 3.89. The summed E-state index contributed by atoms with van der Waals surface area (Å²) in [5, 5.41) is 3.94. The molecule has 0 saturated carbocycles. The summed E-state index contributed by atoms with van der Waals surface area (Å²) in [4.78, 5) is 19.3. The lowest BCUT2D eigenvalue weighted by atomic mass is 10.00. The van der Waals surface area contributed by atoms with Gasteiger partial charge in [0, 0.05) is 73.8 Å². The van der Waals surface area contributed by atoms with Gasteiger partial charge < -0.3 is 25.8 Å². The molecule has 3 N–H and O–H groups in total. The lowest BCUT2D eigenvalue weighted by molar-refractivity contribution is -0.130. The van der Waals surface area contributed by atoms with Gasteiger partial charge >= 0.3 is 6.18 Å². The first-order valence-electron chi connectivity index (χ1n) is 12.2. The highest BCUT2D eigenvalue weighted by atomic mass is 35.5. The van der Waals surface area contributed by atoms with E-state index < -0.39 is 11.7 Å². The van der Waals surface area contributed by atoms with Crippen LogP contribution >= 0.6 is 11.6 Å². The molecule has 2 fully saturated rings. The third-order valence-corrected chi connectivity index (χ3v) is 7.24. The van der Waals surface area contributed by atoms with Crippen LogP contribution in [0, 0.1) is 0 Å². The molecule has 1 atom stereocenters. The second-order valence-electron chi connectivity index (χ2n) is 9.48. The molecular weight excluding hydrogens is 479 g/mol. The number of anilines is 1. The first-order chi connectivity index (χ1) is 16.7. The minimum absolute atomic E-state index is 0.0369. The van der Waals surface area contributed by atoms with Crippen LogP contribution in [-0.4, -0.2) is 73.7 Å². The quantitative estimate of drug-likeness (QED) is 0.607. The van der Waals surface area contributed by atoms with Crippen molar-refractivity contribution >= 4 is 23.2 Å². The van der Waals surface area contributed by atoms with E-state index >= 15 is 0 Å². The Kier molecular flexibility index (Phi) is 8.16. The van der Waals surface area contributed by atoms with Crippen LogP contribution in [0.4, 0.5) is 18.9 Å². The molecule has 10 heteroatoms. The Morgan fingerprint density at radius 1 is 1.09 bits per heavy atom. The number of alkyl halides is 3. The van der Waals surface area contributed by atoms with Crippen LogP contribution in [0.1, 0.15) is 32.1 Å². The van der Waals surface area contributed by atoms with E-state index in [9.17, 15) is 18.0 Å². The van der Waals surface area contributed by atoms with Gasteiger partial charge in [0.25, 0.3) is 0 Å². The van der Waals surface area contributed by atoms with Gasteiger partial charge in [-0.05, 0) is 62.6 Å². The Hall–Kier alpha value is -2.39. The maximum atomic E-state index is 13.2. The summed E-state index contributed by atoms with van der Waals surface area (Å²) in [5.41, 5.74) is 6.40.